The van der Waals surface area contributed by atoms with E-state index in [4.69, 9.17) is 0 Å². The van der Waals surface area contributed by atoms with Crippen molar-refractivity contribution in [3.05, 3.63) is 59.8 Å². The number of carbonyl (C=O) groups is 1. The van der Waals surface area contributed by atoms with Crippen LogP contribution in [0.1, 0.15) is 36.8 Å². The highest BCUT2D eigenvalue weighted by Gasteiger charge is 2.31. The number of amides is 1. The molecule has 0 radical (unpaired) electrons. The van der Waals surface area contributed by atoms with Crippen LogP contribution in [-0.4, -0.2) is 36.7 Å². The average molecular weight is 412 g/mol. The fourth-order valence-corrected chi connectivity index (χ4v) is 5.86. The Morgan fingerprint density at radius 3 is 2.59 bits per heavy atom. The molecular weight excluding hydrogens is 386 g/mol. The minimum atomic E-state index is -3.61. The number of aromatic amines is 1. The van der Waals surface area contributed by atoms with Gasteiger partial charge in [-0.3, -0.25) is 4.79 Å². The Labute approximate surface area is 171 Å². The second-order valence-electron chi connectivity index (χ2n) is 7.63. The minimum absolute atomic E-state index is 0.225. The van der Waals surface area contributed by atoms with Crippen molar-refractivity contribution < 1.29 is 13.2 Å². The van der Waals surface area contributed by atoms with E-state index in [0.29, 0.717) is 30.3 Å². The van der Waals surface area contributed by atoms with E-state index in [1.165, 1.54) is 17.9 Å². The SMILES string of the molecule is CC(=O)Nc1ccc(C)c(S(=O)(=O)N2CCC(c3c[nH]c4ccccc34)CC2)c1. The molecule has 7 heteroatoms. The molecule has 2 heterocycles. The number of sulfonamides is 1. The molecule has 1 aliphatic heterocycles. The van der Waals surface area contributed by atoms with E-state index in [0.717, 1.165) is 18.4 Å². The molecule has 0 bridgehead atoms. The van der Waals surface area contributed by atoms with Gasteiger partial charge < -0.3 is 10.3 Å². The Balaban J connectivity index is 1.54. The highest BCUT2D eigenvalue weighted by atomic mass is 32.2. The Morgan fingerprint density at radius 2 is 1.86 bits per heavy atom. The summed E-state index contributed by atoms with van der Waals surface area (Å²) in [6.45, 7) is 4.15. The third-order valence-corrected chi connectivity index (χ3v) is 7.68. The molecule has 2 N–H and O–H groups in total. The Kier molecular flexibility index (Phi) is 5.19. The lowest BCUT2D eigenvalue weighted by molar-refractivity contribution is -0.114. The molecule has 3 aromatic rings. The molecule has 0 saturated carbocycles. The monoisotopic (exact) mass is 411 g/mol. The third-order valence-electron chi connectivity index (χ3n) is 5.64. The number of aryl methyl sites for hydroxylation is 1. The molecule has 0 spiro atoms. The third kappa shape index (κ3) is 3.80. The van der Waals surface area contributed by atoms with Crippen LogP contribution in [0.3, 0.4) is 0 Å². The number of piperidine rings is 1. The van der Waals surface area contributed by atoms with Gasteiger partial charge in [-0.1, -0.05) is 24.3 Å². The van der Waals surface area contributed by atoms with Gasteiger partial charge in [-0.2, -0.15) is 4.31 Å². The van der Waals surface area contributed by atoms with Gasteiger partial charge in [0.1, 0.15) is 0 Å². The van der Waals surface area contributed by atoms with Crippen LogP contribution in [0.2, 0.25) is 0 Å². The lowest BCUT2D eigenvalue weighted by Crippen LogP contribution is -2.38. The number of para-hydroxylation sites is 1. The summed E-state index contributed by atoms with van der Waals surface area (Å²) in [6.07, 6.45) is 3.62. The second-order valence-corrected chi connectivity index (χ2v) is 9.54. The van der Waals surface area contributed by atoms with Crippen molar-refractivity contribution in [1.82, 2.24) is 9.29 Å². The molecule has 2 aromatic carbocycles. The van der Waals surface area contributed by atoms with Crippen molar-refractivity contribution in [2.75, 3.05) is 18.4 Å². The van der Waals surface area contributed by atoms with Crippen LogP contribution in [0.25, 0.3) is 10.9 Å². The lowest BCUT2D eigenvalue weighted by atomic mass is 9.90. The molecular formula is C22H25N3O3S. The summed E-state index contributed by atoms with van der Waals surface area (Å²) in [7, 11) is -3.61. The zero-order valence-corrected chi connectivity index (χ0v) is 17.4. The van der Waals surface area contributed by atoms with Gasteiger partial charge in [0.25, 0.3) is 0 Å². The first-order valence-electron chi connectivity index (χ1n) is 9.80. The van der Waals surface area contributed by atoms with Crippen molar-refractivity contribution >= 4 is 32.5 Å². The average Bonchev–Trinajstić information content (AvgIpc) is 3.13. The Morgan fingerprint density at radius 1 is 1.14 bits per heavy atom. The van der Waals surface area contributed by atoms with Crippen LogP contribution in [-0.2, 0) is 14.8 Å². The van der Waals surface area contributed by atoms with Crippen molar-refractivity contribution in [2.24, 2.45) is 0 Å². The Hall–Kier alpha value is -2.64. The van der Waals surface area contributed by atoms with Crippen molar-refractivity contribution in [2.45, 2.75) is 37.5 Å². The molecule has 1 aliphatic rings. The number of nitrogens with zero attached hydrogens (tertiary/aromatic N) is 1. The summed E-state index contributed by atoms with van der Waals surface area (Å²) in [4.78, 5) is 14.9. The molecule has 0 aliphatic carbocycles. The molecule has 0 atom stereocenters. The smallest absolute Gasteiger partial charge is 0.243 e. The number of H-pyrrole nitrogens is 1. The summed E-state index contributed by atoms with van der Waals surface area (Å²) < 4.78 is 28.1. The van der Waals surface area contributed by atoms with E-state index in [-0.39, 0.29) is 10.8 Å². The first-order chi connectivity index (χ1) is 13.9. The number of hydrogen-bond acceptors (Lipinski definition) is 3. The fourth-order valence-electron chi connectivity index (χ4n) is 4.14. The number of benzene rings is 2. The maximum absolute atomic E-state index is 13.3. The number of nitrogens with one attached hydrogen (secondary N) is 2. The van der Waals surface area contributed by atoms with Gasteiger partial charge in [0, 0.05) is 42.8 Å². The molecule has 4 rings (SSSR count). The van der Waals surface area contributed by atoms with Gasteiger partial charge in [-0.25, -0.2) is 8.42 Å². The summed E-state index contributed by atoms with van der Waals surface area (Å²) in [5.41, 5.74) is 3.55. The standard InChI is InChI=1S/C22H25N3O3S/c1-15-7-8-18(24-16(2)26)13-22(15)29(27,28)25-11-9-17(10-12-25)20-14-23-21-6-4-3-5-19(20)21/h3-8,13-14,17,23H,9-12H2,1-2H3,(H,24,26). The van der Waals surface area contributed by atoms with Crippen LogP contribution in [0, 0.1) is 6.92 Å². The number of hydrogen-bond donors (Lipinski definition) is 2. The number of anilines is 1. The first-order valence-corrected chi connectivity index (χ1v) is 11.2. The van der Waals surface area contributed by atoms with E-state index < -0.39 is 10.0 Å². The zero-order chi connectivity index (χ0) is 20.6. The predicted molar refractivity (Wildman–Crippen MR) is 115 cm³/mol. The summed E-state index contributed by atoms with van der Waals surface area (Å²) in [5.74, 6) is 0.112. The van der Waals surface area contributed by atoms with Crippen molar-refractivity contribution in [3.63, 3.8) is 0 Å². The number of rotatable bonds is 4. The van der Waals surface area contributed by atoms with Gasteiger partial charge >= 0.3 is 0 Å². The van der Waals surface area contributed by atoms with Gasteiger partial charge in [0.05, 0.1) is 4.90 Å². The molecule has 6 nitrogen and oxygen atoms in total. The maximum atomic E-state index is 13.3. The summed E-state index contributed by atoms with van der Waals surface area (Å²) in [6, 6.07) is 13.2. The Bertz CT molecular complexity index is 1160. The highest BCUT2D eigenvalue weighted by Crippen LogP contribution is 2.35. The molecule has 29 heavy (non-hydrogen) atoms. The van der Waals surface area contributed by atoms with Crippen LogP contribution in [0.4, 0.5) is 5.69 Å². The van der Waals surface area contributed by atoms with E-state index in [1.807, 2.05) is 12.1 Å². The number of aromatic nitrogens is 1. The van der Waals surface area contributed by atoms with Gasteiger partial charge in [-0.15, -0.1) is 0 Å². The maximum Gasteiger partial charge on any atom is 0.243 e. The lowest BCUT2D eigenvalue weighted by Gasteiger charge is -2.31. The topological polar surface area (TPSA) is 82.3 Å². The predicted octanol–water partition coefficient (Wildman–Crippen LogP) is 4.00. The van der Waals surface area contributed by atoms with E-state index in [2.05, 4.69) is 28.6 Å². The largest absolute Gasteiger partial charge is 0.361 e. The highest BCUT2D eigenvalue weighted by molar-refractivity contribution is 7.89. The summed E-state index contributed by atoms with van der Waals surface area (Å²) in [5, 5.41) is 3.88. The fraction of sp³-hybridized carbons (Fsp3) is 0.318. The zero-order valence-electron chi connectivity index (χ0n) is 16.6. The molecule has 1 saturated heterocycles. The quantitative estimate of drug-likeness (QED) is 0.681. The molecule has 1 aromatic heterocycles. The van der Waals surface area contributed by atoms with Crippen LogP contribution in [0.5, 0.6) is 0 Å². The minimum Gasteiger partial charge on any atom is -0.361 e. The van der Waals surface area contributed by atoms with Gasteiger partial charge in [0.15, 0.2) is 0 Å². The van der Waals surface area contributed by atoms with Gasteiger partial charge in [0.2, 0.25) is 15.9 Å². The van der Waals surface area contributed by atoms with Crippen LogP contribution in [0.15, 0.2) is 53.6 Å². The molecule has 1 fully saturated rings. The summed E-state index contributed by atoms with van der Waals surface area (Å²) >= 11 is 0. The van der Waals surface area contributed by atoms with Crippen LogP contribution < -0.4 is 5.32 Å². The van der Waals surface area contributed by atoms with Crippen molar-refractivity contribution in [1.29, 1.82) is 0 Å². The molecule has 0 unspecified atom stereocenters. The van der Waals surface area contributed by atoms with Crippen molar-refractivity contribution in [3.8, 4) is 0 Å². The van der Waals surface area contributed by atoms with E-state index in [1.54, 1.807) is 29.4 Å². The first kappa shape index (κ1) is 19.7. The number of fused-ring (bicyclic) bond motifs is 1. The second kappa shape index (κ2) is 7.65. The van der Waals surface area contributed by atoms with Gasteiger partial charge in [-0.05, 0) is 55.0 Å². The molecule has 1 amide bonds. The normalized spacial score (nSPS) is 16.2. The van der Waals surface area contributed by atoms with Crippen LogP contribution >= 0.6 is 0 Å². The number of carbonyl (C=O) groups excluding carboxylic acids is 1. The van der Waals surface area contributed by atoms with E-state index >= 15 is 0 Å². The molecule has 152 valence electrons. The van der Waals surface area contributed by atoms with E-state index in [9.17, 15) is 13.2 Å².